The molecule has 0 aliphatic rings. The number of ether oxygens (including phenoxy) is 1. The molecule has 0 fully saturated rings. The Bertz CT molecular complexity index is 1260. The summed E-state index contributed by atoms with van der Waals surface area (Å²) in [6.07, 6.45) is 3.56. The van der Waals surface area contributed by atoms with Gasteiger partial charge in [0.1, 0.15) is 12.4 Å². The highest BCUT2D eigenvalue weighted by Gasteiger charge is 2.12. The van der Waals surface area contributed by atoms with Crippen molar-refractivity contribution in [2.45, 2.75) is 37.3 Å². The first-order valence-corrected chi connectivity index (χ1v) is 13.1. The summed E-state index contributed by atoms with van der Waals surface area (Å²) >= 11 is 11.4. The molecule has 0 spiro atoms. The van der Waals surface area contributed by atoms with E-state index in [4.69, 9.17) is 21.4 Å². The van der Waals surface area contributed by atoms with E-state index < -0.39 is 0 Å². The summed E-state index contributed by atoms with van der Waals surface area (Å²) in [5, 5.41) is 15.0. The molecule has 0 radical (unpaired) electrons. The molecule has 0 aliphatic heterocycles. The van der Waals surface area contributed by atoms with Gasteiger partial charge >= 0.3 is 0 Å². The standard InChI is InChI=1S/C26H24BrClN4OS/c1-2-7-25-30-31-26(34-18-19-12-14-22(27)15-13-19)32(25)29-16-20-8-4-6-11-24(20)33-17-21-9-3-5-10-23(21)28/h3-6,8-16H,2,7,17-18H2,1H3/b29-16+. The number of aryl methyl sites for hydroxylation is 1. The van der Waals surface area contributed by atoms with E-state index in [9.17, 15) is 0 Å². The summed E-state index contributed by atoms with van der Waals surface area (Å²) in [5.41, 5.74) is 3.02. The van der Waals surface area contributed by atoms with Crippen LogP contribution in [0, 0.1) is 0 Å². The second-order valence-electron chi connectivity index (χ2n) is 7.54. The Labute approximate surface area is 217 Å². The average molecular weight is 556 g/mol. The normalized spacial score (nSPS) is 11.3. The molecule has 4 rings (SSSR count). The molecule has 0 N–H and O–H groups in total. The van der Waals surface area contributed by atoms with Gasteiger partial charge < -0.3 is 4.74 Å². The van der Waals surface area contributed by atoms with Crippen LogP contribution in [0.1, 0.15) is 35.9 Å². The van der Waals surface area contributed by atoms with Crippen LogP contribution >= 0.6 is 39.3 Å². The van der Waals surface area contributed by atoms with Crippen molar-refractivity contribution in [1.82, 2.24) is 14.9 Å². The Morgan fingerprint density at radius 2 is 1.79 bits per heavy atom. The fourth-order valence-electron chi connectivity index (χ4n) is 3.22. The molecular formula is C26H24BrClN4OS. The first-order valence-electron chi connectivity index (χ1n) is 10.9. The number of benzene rings is 3. The number of aromatic nitrogens is 3. The van der Waals surface area contributed by atoms with Gasteiger partial charge in [0, 0.05) is 32.8 Å². The lowest BCUT2D eigenvalue weighted by molar-refractivity contribution is 0.306. The minimum atomic E-state index is 0.381. The third-order valence-electron chi connectivity index (χ3n) is 5.00. The Hall–Kier alpha value is -2.61. The maximum atomic E-state index is 6.28. The van der Waals surface area contributed by atoms with Gasteiger partial charge in [0.15, 0.2) is 5.82 Å². The molecule has 3 aromatic carbocycles. The lowest BCUT2D eigenvalue weighted by Gasteiger charge is -2.10. The van der Waals surface area contributed by atoms with Crippen molar-refractivity contribution in [3.63, 3.8) is 0 Å². The van der Waals surface area contributed by atoms with Crippen LogP contribution in [0.15, 0.2) is 87.5 Å². The van der Waals surface area contributed by atoms with E-state index in [0.717, 1.165) is 50.9 Å². The summed E-state index contributed by atoms with van der Waals surface area (Å²) in [5.74, 6) is 2.36. The van der Waals surface area contributed by atoms with Gasteiger partial charge in [-0.2, -0.15) is 9.78 Å². The molecule has 4 aromatic rings. The van der Waals surface area contributed by atoms with Crippen LogP contribution in [0.5, 0.6) is 5.75 Å². The quantitative estimate of drug-likeness (QED) is 0.151. The van der Waals surface area contributed by atoms with Crippen LogP contribution in [0.4, 0.5) is 0 Å². The molecule has 34 heavy (non-hydrogen) atoms. The van der Waals surface area contributed by atoms with E-state index in [1.807, 2.05) is 65.3 Å². The van der Waals surface area contributed by atoms with Crippen molar-refractivity contribution in [2.24, 2.45) is 5.10 Å². The molecule has 0 unspecified atom stereocenters. The van der Waals surface area contributed by atoms with Gasteiger partial charge in [-0.15, -0.1) is 10.2 Å². The summed E-state index contributed by atoms with van der Waals surface area (Å²) in [7, 11) is 0. The van der Waals surface area contributed by atoms with Crippen LogP contribution in [0.3, 0.4) is 0 Å². The van der Waals surface area contributed by atoms with Crippen molar-refractivity contribution in [1.29, 1.82) is 0 Å². The molecule has 0 atom stereocenters. The minimum Gasteiger partial charge on any atom is -0.488 e. The second kappa shape index (κ2) is 12.2. The van der Waals surface area contributed by atoms with Crippen molar-refractivity contribution in [3.05, 3.63) is 105 Å². The van der Waals surface area contributed by atoms with E-state index >= 15 is 0 Å². The number of nitrogens with zero attached hydrogens (tertiary/aromatic N) is 4. The Morgan fingerprint density at radius 1 is 1.03 bits per heavy atom. The average Bonchev–Trinajstić information content (AvgIpc) is 3.24. The van der Waals surface area contributed by atoms with Crippen LogP contribution in [0.2, 0.25) is 5.02 Å². The fourth-order valence-corrected chi connectivity index (χ4v) is 4.54. The van der Waals surface area contributed by atoms with Crippen LogP contribution in [-0.2, 0) is 18.8 Å². The summed E-state index contributed by atoms with van der Waals surface area (Å²) in [4.78, 5) is 0. The third kappa shape index (κ3) is 6.50. The van der Waals surface area contributed by atoms with E-state index in [1.54, 1.807) is 18.0 Å². The van der Waals surface area contributed by atoms with Crippen LogP contribution in [-0.4, -0.2) is 21.1 Å². The molecule has 5 nitrogen and oxygen atoms in total. The van der Waals surface area contributed by atoms with Gasteiger partial charge in [-0.3, -0.25) is 0 Å². The molecule has 0 saturated heterocycles. The molecule has 0 amide bonds. The second-order valence-corrected chi connectivity index (χ2v) is 9.80. The van der Waals surface area contributed by atoms with Gasteiger partial charge in [0.2, 0.25) is 5.16 Å². The molecule has 8 heteroatoms. The van der Waals surface area contributed by atoms with Crippen molar-refractivity contribution >= 4 is 45.5 Å². The zero-order chi connectivity index (χ0) is 23.8. The van der Waals surface area contributed by atoms with E-state index in [0.29, 0.717) is 11.6 Å². The highest BCUT2D eigenvalue weighted by atomic mass is 79.9. The van der Waals surface area contributed by atoms with Gasteiger partial charge in [-0.25, -0.2) is 0 Å². The Balaban J connectivity index is 1.53. The third-order valence-corrected chi connectivity index (χ3v) is 6.89. The molecule has 0 saturated carbocycles. The monoisotopic (exact) mass is 554 g/mol. The van der Waals surface area contributed by atoms with Gasteiger partial charge in [-0.05, 0) is 42.3 Å². The summed E-state index contributed by atoms with van der Waals surface area (Å²) in [6, 6.07) is 23.8. The highest BCUT2D eigenvalue weighted by molar-refractivity contribution is 9.10. The molecular weight excluding hydrogens is 532 g/mol. The van der Waals surface area contributed by atoms with Crippen LogP contribution < -0.4 is 4.74 Å². The number of hydrogen-bond donors (Lipinski definition) is 0. The van der Waals surface area contributed by atoms with Gasteiger partial charge in [-0.1, -0.05) is 88.7 Å². The fraction of sp³-hybridized carbons (Fsp3) is 0.192. The smallest absolute Gasteiger partial charge is 0.212 e. The molecule has 0 bridgehead atoms. The highest BCUT2D eigenvalue weighted by Crippen LogP contribution is 2.25. The first kappa shape index (κ1) is 24.5. The van der Waals surface area contributed by atoms with Gasteiger partial charge in [0.05, 0.1) is 6.21 Å². The minimum absolute atomic E-state index is 0.381. The van der Waals surface area contributed by atoms with Crippen LogP contribution in [0.25, 0.3) is 0 Å². The van der Waals surface area contributed by atoms with Gasteiger partial charge in [0.25, 0.3) is 0 Å². The Kier molecular flexibility index (Phi) is 8.79. The van der Waals surface area contributed by atoms with Crippen molar-refractivity contribution in [2.75, 3.05) is 0 Å². The summed E-state index contributed by atoms with van der Waals surface area (Å²) in [6.45, 7) is 2.50. The lowest BCUT2D eigenvalue weighted by Crippen LogP contribution is -2.02. The zero-order valence-electron chi connectivity index (χ0n) is 18.7. The molecule has 1 aromatic heterocycles. The van der Waals surface area contributed by atoms with Crippen molar-refractivity contribution < 1.29 is 4.74 Å². The van der Waals surface area contributed by atoms with E-state index in [-0.39, 0.29) is 0 Å². The molecule has 1 heterocycles. The number of para-hydroxylation sites is 1. The largest absolute Gasteiger partial charge is 0.488 e. The Morgan fingerprint density at radius 3 is 2.59 bits per heavy atom. The predicted molar refractivity (Wildman–Crippen MR) is 143 cm³/mol. The maximum Gasteiger partial charge on any atom is 0.212 e. The molecule has 0 aliphatic carbocycles. The van der Waals surface area contributed by atoms with E-state index in [1.165, 1.54) is 5.56 Å². The first-order chi connectivity index (χ1) is 16.6. The number of hydrogen-bond acceptors (Lipinski definition) is 5. The number of thioether (sulfide) groups is 1. The maximum absolute atomic E-state index is 6.28. The predicted octanol–water partition coefficient (Wildman–Crippen LogP) is 7.40. The van der Waals surface area contributed by atoms with E-state index in [2.05, 4.69) is 45.2 Å². The number of halogens is 2. The number of rotatable bonds is 10. The topological polar surface area (TPSA) is 52.3 Å². The van der Waals surface area contributed by atoms with Crippen molar-refractivity contribution in [3.8, 4) is 5.75 Å². The molecule has 174 valence electrons. The SMILES string of the molecule is CCCc1nnc(SCc2ccc(Br)cc2)n1/N=C/c1ccccc1OCc1ccccc1Cl. The lowest BCUT2D eigenvalue weighted by atomic mass is 10.2. The summed E-state index contributed by atoms with van der Waals surface area (Å²) < 4.78 is 8.97. The zero-order valence-corrected chi connectivity index (χ0v) is 21.9.